The van der Waals surface area contributed by atoms with E-state index in [1.165, 1.54) is 24.3 Å². The average molecular weight is 480 g/mol. The highest BCUT2D eigenvalue weighted by Crippen LogP contribution is 2.19. The lowest BCUT2D eigenvalue weighted by molar-refractivity contribution is -0.123. The van der Waals surface area contributed by atoms with Gasteiger partial charge in [-0.05, 0) is 55.0 Å². The Hall–Kier alpha value is -2.64. The summed E-state index contributed by atoms with van der Waals surface area (Å²) in [6.45, 7) is 0.565. The van der Waals surface area contributed by atoms with Gasteiger partial charge in [-0.25, -0.2) is 21.6 Å². The average Bonchev–Trinajstić information content (AvgIpc) is 2.70. The maximum Gasteiger partial charge on any atom is 0.405 e. The SMILES string of the molecule is CCCNS(=O)(=O)c1ccc(NS(=O)(=O)c2ccc(C(=O)NCC(F)(F)F)cc2)cc1. The molecule has 0 aliphatic heterocycles. The highest BCUT2D eigenvalue weighted by Gasteiger charge is 2.28. The van der Waals surface area contributed by atoms with Gasteiger partial charge in [0.05, 0.1) is 9.79 Å². The summed E-state index contributed by atoms with van der Waals surface area (Å²) in [4.78, 5) is 11.4. The van der Waals surface area contributed by atoms with Crippen LogP contribution in [-0.2, 0) is 20.0 Å². The van der Waals surface area contributed by atoms with Crippen molar-refractivity contribution in [2.24, 2.45) is 0 Å². The Balaban J connectivity index is 2.09. The van der Waals surface area contributed by atoms with Gasteiger partial charge in [0.1, 0.15) is 6.54 Å². The summed E-state index contributed by atoms with van der Waals surface area (Å²) in [5.41, 5.74) is -0.0428. The third kappa shape index (κ3) is 7.22. The molecule has 0 aromatic heterocycles. The van der Waals surface area contributed by atoms with Crippen LogP contribution in [0, 0.1) is 0 Å². The molecule has 3 N–H and O–H groups in total. The molecule has 0 saturated carbocycles. The number of benzene rings is 2. The number of carbonyl (C=O) groups is 1. The lowest BCUT2D eigenvalue weighted by Crippen LogP contribution is -2.33. The first-order valence-corrected chi connectivity index (χ1v) is 11.9. The Morgan fingerprint density at radius 2 is 1.39 bits per heavy atom. The minimum absolute atomic E-state index is 0.0295. The monoisotopic (exact) mass is 479 g/mol. The van der Waals surface area contributed by atoms with E-state index in [2.05, 4.69) is 9.44 Å². The van der Waals surface area contributed by atoms with Gasteiger partial charge in [-0.1, -0.05) is 6.92 Å². The normalized spacial score (nSPS) is 12.4. The van der Waals surface area contributed by atoms with Crippen LogP contribution in [0.4, 0.5) is 18.9 Å². The van der Waals surface area contributed by atoms with Crippen LogP contribution in [0.25, 0.3) is 0 Å². The molecule has 0 atom stereocenters. The van der Waals surface area contributed by atoms with Crippen LogP contribution in [0.2, 0.25) is 0 Å². The molecule has 2 aromatic carbocycles. The van der Waals surface area contributed by atoms with Gasteiger partial charge in [0.25, 0.3) is 15.9 Å². The maximum atomic E-state index is 12.5. The van der Waals surface area contributed by atoms with E-state index in [1.807, 2.05) is 6.92 Å². The van der Waals surface area contributed by atoms with Crippen molar-refractivity contribution < 1.29 is 34.8 Å². The Labute approximate surface area is 178 Å². The Morgan fingerprint density at radius 1 is 0.871 bits per heavy atom. The lowest BCUT2D eigenvalue weighted by atomic mass is 10.2. The van der Waals surface area contributed by atoms with Gasteiger partial charge in [-0.3, -0.25) is 9.52 Å². The number of anilines is 1. The van der Waals surface area contributed by atoms with E-state index in [0.29, 0.717) is 6.42 Å². The molecule has 0 spiro atoms. The van der Waals surface area contributed by atoms with Crippen molar-refractivity contribution >= 4 is 31.6 Å². The summed E-state index contributed by atoms with van der Waals surface area (Å²) in [6.07, 6.45) is -3.95. The molecule has 8 nitrogen and oxygen atoms in total. The highest BCUT2D eigenvalue weighted by atomic mass is 32.2. The number of amides is 1. The van der Waals surface area contributed by atoms with E-state index in [-0.39, 0.29) is 27.6 Å². The van der Waals surface area contributed by atoms with Crippen LogP contribution in [-0.4, -0.2) is 42.0 Å². The lowest BCUT2D eigenvalue weighted by Gasteiger charge is -2.11. The minimum atomic E-state index is -4.57. The zero-order valence-electron chi connectivity index (χ0n) is 16.2. The van der Waals surface area contributed by atoms with Crippen LogP contribution in [0.3, 0.4) is 0 Å². The first-order valence-electron chi connectivity index (χ1n) is 8.91. The van der Waals surface area contributed by atoms with Crippen LogP contribution in [0.15, 0.2) is 58.3 Å². The summed E-state index contributed by atoms with van der Waals surface area (Å²) in [5.74, 6) is -0.997. The van der Waals surface area contributed by atoms with Gasteiger partial charge in [0, 0.05) is 17.8 Å². The number of alkyl halides is 3. The predicted molar refractivity (Wildman–Crippen MR) is 108 cm³/mol. The van der Waals surface area contributed by atoms with E-state index < -0.39 is 38.7 Å². The van der Waals surface area contributed by atoms with Crippen LogP contribution in [0.5, 0.6) is 0 Å². The molecule has 0 saturated heterocycles. The van der Waals surface area contributed by atoms with E-state index in [0.717, 1.165) is 24.3 Å². The summed E-state index contributed by atoms with van der Waals surface area (Å²) < 4.78 is 90.2. The van der Waals surface area contributed by atoms with Gasteiger partial charge >= 0.3 is 6.18 Å². The third-order valence-corrected chi connectivity index (χ3v) is 6.71. The predicted octanol–water partition coefficient (Wildman–Crippen LogP) is 2.47. The largest absolute Gasteiger partial charge is 0.405 e. The molecule has 2 rings (SSSR count). The Kier molecular flexibility index (Phi) is 7.68. The molecule has 0 unspecified atom stereocenters. The minimum Gasteiger partial charge on any atom is -0.343 e. The number of carbonyl (C=O) groups excluding carboxylic acids is 1. The quantitative estimate of drug-likeness (QED) is 0.510. The van der Waals surface area contributed by atoms with Crippen molar-refractivity contribution in [3.63, 3.8) is 0 Å². The fraction of sp³-hybridized carbons (Fsp3) is 0.278. The number of hydrogen-bond donors (Lipinski definition) is 3. The molecule has 0 aliphatic carbocycles. The number of rotatable bonds is 9. The van der Waals surface area contributed by atoms with Crippen LogP contribution >= 0.6 is 0 Å². The van der Waals surface area contributed by atoms with Gasteiger partial charge < -0.3 is 5.32 Å². The van der Waals surface area contributed by atoms with E-state index in [9.17, 15) is 34.8 Å². The fourth-order valence-corrected chi connectivity index (χ4v) is 4.50. The van der Waals surface area contributed by atoms with Gasteiger partial charge in [0.2, 0.25) is 10.0 Å². The molecule has 31 heavy (non-hydrogen) atoms. The summed E-state index contributed by atoms with van der Waals surface area (Å²) in [7, 11) is -7.78. The van der Waals surface area contributed by atoms with Crippen molar-refractivity contribution in [1.29, 1.82) is 0 Å². The second-order valence-electron chi connectivity index (χ2n) is 6.35. The molecule has 0 aliphatic rings. The summed E-state index contributed by atoms with van der Waals surface area (Å²) >= 11 is 0. The number of halogens is 3. The molecule has 13 heteroatoms. The first-order chi connectivity index (χ1) is 14.3. The summed E-state index contributed by atoms with van der Waals surface area (Å²) in [6, 6.07) is 9.32. The van der Waals surface area contributed by atoms with Crippen LogP contribution < -0.4 is 14.8 Å². The molecule has 0 fully saturated rings. The number of sulfonamides is 2. The van der Waals surface area contributed by atoms with Gasteiger partial charge in [-0.15, -0.1) is 0 Å². The first kappa shape index (κ1) is 24.6. The summed E-state index contributed by atoms with van der Waals surface area (Å²) in [5, 5.41) is 1.68. The van der Waals surface area contributed by atoms with Crippen molar-refractivity contribution in [3.8, 4) is 0 Å². The highest BCUT2D eigenvalue weighted by molar-refractivity contribution is 7.92. The Morgan fingerprint density at radius 3 is 1.90 bits per heavy atom. The van der Waals surface area contributed by atoms with Crippen molar-refractivity contribution in [2.45, 2.75) is 29.3 Å². The van der Waals surface area contributed by atoms with Crippen LogP contribution in [0.1, 0.15) is 23.7 Å². The topological polar surface area (TPSA) is 121 Å². The smallest absolute Gasteiger partial charge is 0.343 e. The third-order valence-electron chi connectivity index (χ3n) is 3.84. The number of hydrogen-bond acceptors (Lipinski definition) is 5. The second kappa shape index (κ2) is 9.66. The van der Waals surface area contributed by atoms with Gasteiger partial charge in [-0.2, -0.15) is 13.2 Å². The second-order valence-corrected chi connectivity index (χ2v) is 9.80. The maximum absolute atomic E-state index is 12.5. The zero-order valence-corrected chi connectivity index (χ0v) is 17.9. The van der Waals surface area contributed by atoms with E-state index in [4.69, 9.17) is 0 Å². The van der Waals surface area contributed by atoms with E-state index in [1.54, 1.807) is 5.32 Å². The molecule has 2 aromatic rings. The van der Waals surface area contributed by atoms with Crippen molar-refractivity contribution in [3.05, 3.63) is 54.1 Å². The van der Waals surface area contributed by atoms with Gasteiger partial charge in [0.15, 0.2) is 0 Å². The Bertz CT molecular complexity index is 1120. The molecule has 0 heterocycles. The molecule has 170 valence electrons. The molecular weight excluding hydrogens is 459 g/mol. The molecule has 1 amide bonds. The zero-order chi connectivity index (χ0) is 23.3. The standard InChI is InChI=1S/C18H20F3N3O5S2/c1-2-11-23-30(26,27)15-9-5-14(6-10-15)24-31(28,29)16-7-3-13(4-8-16)17(25)22-12-18(19,20)21/h3-10,23-24H,2,11-12H2,1H3,(H,22,25). The fourth-order valence-electron chi connectivity index (χ4n) is 2.30. The van der Waals surface area contributed by atoms with Crippen molar-refractivity contribution in [1.82, 2.24) is 10.0 Å². The molecule has 0 radical (unpaired) electrons. The molecule has 0 bridgehead atoms. The van der Waals surface area contributed by atoms with Crippen molar-refractivity contribution in [2.75, 3.05) is 17.8 Å². The molecular formula is C18H20F3N3O5S2. The number of nitrogens with one attached hydrogen (secondary N) is 3. The van der Waals surface area contributed by atoms with E-state index >= 15 is 0 Å².